The lowest BCUT2D eigenvalue weighted by Crippen LogP contribution is -2.39. The molecule has 2 aromatic rings. The van der Waals surface area contributed by atoms with E-state index in [9.17, 15) is 9.59 Å². The first-order valence-corrected chi connectivity index (χ1v) is 10.4. The molecule has 138 valence electrons. The molecule has 4 atom stereocenters. The zero-order chi connectivity index (χ0) is 19.0. The van der Waals surface area contributed by atoms with Crippen LogP contribution in [-0.4, -0.2) is 11.8 Å². The van der Waals surface area contributed by atoms with Gasteiger partial charge in [0, 0.05) is 20.3 Å². The van der Waals surface area contributed by atoms with Crippen LogP contribution in [0.1, 0.15) is 6.42 Å². The van der Waals surface area contributed by atoms with Crippen molar-refractivity contribution in [1.82, 2.24) is 0 Å². The molecule has 4 nitrogen and oxygen atoms in total. The lowest BCUT2D eigenvalue weighted by molar-refractivity contribution is -0.129. The molecule has 2 aliphatic rings. The molecular weight excluding hydrogens is 472 g/mol. The van der Waals surface area contributed by atoms with Gasteiger partial charge < -0.3 is 10.6 Å². The number of rotatable bonds is 4. The average Bonchev–Trinajstić information content (AvgIpc) is 3.27. The first-order chi connectivity index (χ1) is 13.0. The molecule has 2 amide bonds. The van der Waals surface area contributed by atoms with Crippen LogP contribution in [0.3, 0.4) is 0 Å². The van der Waals surface area contributed by atoms with Gasteiger partial charge in [-0.05, 0) is 66.8 Å². The van der Waals surface area contributed by atoms with E-state index in [4.69, 9.17) is 0 Å². The van der Waals surface area contributed by atoms with Gasteiger partial charge in [-0.15, -0.1) is 0 Å². The highest BCUT2D eigenvalue weighted by molar-refractivity contribution is 9.10. The molecule has 0 aromatic heterocycles. The molecule has 2 bridgehead atoms. The Morgan fingerprint density at radius 3 is 1.44 bits per heavy atom. The first kappa shape index (κ1) is 18.4. The van der Waals surface area contributed by atoms with E-state index in [-0.39, 0.29) is 35.5 Å². The predicted molar refractivity (Wildman–Crippen MR) is 113 cm³/mol. The molecule has 2 N–H and O–H groups in total. The van der Waals surface area contributed by atoms with Crippen molar-refractivity contribution in [1.29, 1.82) is 0 Å². The summed E-state index contributed by atoms with van der Waals surface area (Å²) in [5.41, 5.74) is 1.48. The van der Waals surface area contributed by atoms with E-state index in [0.717, 1.165) is 26.7 Å². The Balaban J connectivity index is 1.51. The topological polar surface area (TPSA) is 58.2 Å². The molecule has 4 rings (SSSR count). The van der Waals surface area contributed by atoms with Crippen LogP contribution in [0.25, 0.3) is 0 Å². The number of hydrogen-bond acceptors (Lipinski definition) is 2. The number of anilines is 2. The minimum Gasteiger partial charge on any atom is -0.326 e. The Morgan fingerprint density at radius 2 is 1.07 bits per heavy atom. The summed E-state index contributed by atoms with van der Waals surface area (Å²) >= 11 is 6.78. The Hall–Kier alpha value is -1.92. The van der Waals surface area contributed by atoms with Crippen LogP contribution in [0.4, 0.5) is 11.4 Å². The molecule has 0 heterocycles. The van der Waals surface area contributed by atoms with Gasteiger partial charge in [0.15, 0.2) is 0 Å². The molecule has 0 aliphatic heterocycles. The number of benzene rings is 2. The van der Waals surface area contributed by atoms with Crippen LogP contribution >= 0.6 is 31.9 Å². The van der Waals surface area contributed by atoms with E-state index < -0.39 is 0 Å². The van der Waals surface area contributed by atoms with E-state index >= 15 is 0 Å². The van der Waals surface area contributed by atoms with Crippen LogP contribution in [0, 0.1) is 23.7 Å². The SMILES string of the molecule is O=C(Nc1ccc(Br)cc1)[C@@H]1[C@H](C(=O)Nc2ccc(Br)cc2)[C@@H]2C=C[C@H]1C2. The third kappa shape index (κ3) is 3.87. The highest BCUT2D eigenvalue weighted by Gasteiger charge is 2.51. The Labute approximate surface area is 174 Å². The van der Waals surface area contributed by atoms with Gasteiger partial charge in [0.05, 0.1) is 11.8 Å². The molecular formula is C21H18Br2N2O2. The maximum absolute atomic E-state index is 13.0. The molecule has 2 aliphatic carbocycles. The Kier molecular flexibility index (Phi) is 5.19. The summed E-state index contributed by atoms with van der Waals surface area (Å²) in [6.45, 7) is 0. The lowest BCUT2D eigenvalue weighted by atomic mass is 9.81. The summed E-state index contributed by atoms with van der Waals surface area (Å²) in [6, 6.07) is 14.9. The first-order valence-electron chi connectivity index (χ1n) is 8.82. The molecule has 0 radical (unpaired) electrons. The molecule has 27 heavy (non-hydrogen) atoms. The highest BCUT2D eigenvalue weighted by atomic mass is 79.9. The number of carbonyl (C=O) groups excluding carboxylic acids is 2. The van der Waals surface area contributed by atoms with E-state index in [1.807, 2.05) is 48.5 Å². The number of carbonyl (C=O) groups is 2. The van der Waals surface area contributed by atoms with Crippen molar-refractivity contribution in [2.75, 3.05) is 10.6 Å². The summed E-state index contributed by atoms with van der Waals surface area (Å²) in [4.78, 5) is 25.9. The quantitative estimate of drug-likeness (QED) is 0.578. The largest absolute Gasteiger partial charge is 0.326 e. The molecule has 1 saturated carbocycles. The number of fused-ring (bicyclic) bond motifs is 2. The second-order valence-corrected chi connectivity index (χ2v) is 8.82. The molecule has 6 heteroatoms. The zero-order valence-electron chi connectivity index (χ0n) is 14.4. The molecule has 0 saturated heterocycles. The van der Waals surface area contributed by atoms with Crippen molar-refractivity contribution in [3.05, 3.63) is 69.6 Å². The van der Waals surface area contributed by atoms with Gasteiger partial charge in [-0.25, -0.2) is 0 Å². The molecule has 0 spiro atoms. The van der Waals surface area contributed by atoms with Crippen LogP contribution in [0.5, 0.6) is 0 Å². The van der Waals surface area contributed by atoms with Gasteiger partial charge in [-0.3, -0.25) is 9.59 Å². The fourth-order valence-corrected chi connectivity index (χ4v) is 4.58. The van der Waals surface area contributed by atoms with E-state index in [2.05, 4.69) is 54.6 Å². The van der Waals surface area contributed by atoms with Crippen molar-refractivity contribution >= 4 is 55.0 Å². The van der Waals surface area contributed by atoms with Crippen molar-refractivity contribution in [2.45, 2.75) is 6.42 Å². The van der Waals surface area contributed by atoms with Gasteiger partial charge in [0.1, 0.15) is 0 Å². The average molecular weight is 490 g/mol. The third-order valence-corrected chi connectivity index (χ3v) is 6.35. The van der Waals surface area contributed by atoms with E-state index in [1.165, 1.54) is 0 Å². The molecule has 1 fully saturated rings. The fraction of sp³-hybridized carbons (Fsp3) is 0.238. The monoisotopic (exact) mass is 488 g/mol. The van der Waals surface area contributed by atoms with Gasteiger partial charge >= 0.3 is 0 Å². The zero-order valence-corrected chi connectivity index (χ0v) is 17.5. The molecule has 2 aromatic carbocycles. The smallest absolute Gasteiger partial charge is 0.228 e. The normalized spacial score (nSPS) is 25.4. The van der Waals surface area contributed by atoms with Gasteiger partial charge in [0.2, 0.25) is 11.8 Å². The minimum atomic E-state index is -0.348. The third-order valence-electron chi connectivity index (χ3n) is 5.29. The van der Waals surface area contributed by atoms with E-state index in [0.29, 0.717) is 0 Å². The van der Waals surface area contributed by atoms with Crippen molar-refractivity contribution < 1.29 is 9.59 Å². The number of hydrogen-bond donors (Lipinski definition) is 2. The van der Waals surface area contributed by atoms with Crippen LogP contribution in [-0.2, 0) is 9.59 Å². The van der Waals surface area contributed by atoms with E-state index in [1.54, 1.807) is 0 Å². The van der Waals surface area contributed by atoms with Crippen LogP contribution < -0.4 is 10.6 Å². The summed E-state index contributed by atoms with van der Waals surface area (Å²) in [7, 11) is 0. The minimum absolute atomic E-state index is 0.0925. The predicted octanol–water partition coefficient (Wildman–Crippen LogP) is 5.23. The Morgan fingerprint density at radius 1 is 0.704 bits per heavy atom. The van der Waals surface area contributed by atoms with Crippen LogP contribution in [0.15, 0.2) is 69.6 Å². The second kappa shape index (κ2) is 7.60. The number of amides is 2. The van der Waals surface area contributed by atoms with Crippen molar-refractivity contribution in [3.8, 4) is 0 Å². The summed E-state index contributed by atoms with van der Waals surface area (Å²) in [6.07, 6.45) is 5.02. The number of allylic oxidation sites excluding steroid dienone is 2. The fourth-order valence-electron chi connectivity index (χ4n) is 4.05. The summed E-state index contributed by atoms with van der Waals surface area (Å²) < 4.78 is 1.91. The number of nitrogens with one attached hydrogen (secondary N) is 2. The van der Waals surface area contributed by atoms with Crippen LogP contribution in [0.2, 0.25) is 0 Å². The highest BCUT2D eigenvalue weighted by Crippen LogP contribution is 2.48. The Bertz CT molecular complexity index is 820. The van der Waals surface area contributed by atoms with Gasteiger partial charge in [-0.2, -0.15) is 0 Å². The standard InChI is InChI=1S/C21H18Br2N2O2/c22-14-3-7-16(8-4-14)24-20(26)18-12-1-2-13(11-12)19(18)21(27)25-17-9-5-15(23)6-10-17/h1-10,12-13,18-19H,11H2,(H,24,26)(H,25,27)/t12-,13+,18-,19+. The maximum Gasteiger partial charge on any atom is 0.228 e. The van der Waals surface area contributed by atoms with Crippen molar-refractivity contribution in [2.24, 2.45) is 23.7 Å². The van der Waals surface area contributed by atoms with Gasteiger partial charge in [0.25, 0.3) is 0 Å². The second-order valence-electron chi connectivity index (χ2n) is 6.99. The summed E-state index contributed by atoms with van der Waals surface area (Å²) in [5.74, 6) is -0.648. The van der Waals surface area contributed by atoms with Crippen molar-refractivity contribution in [3.63, 3.8) is 0 Å². The maximum atomic E-state index is 13.0. The molecule has 0 unspecified atom stereocenters. The lowest BCUT2D eigenvalue weighted by Gasteiger charge is -2.26. The van der Waals surface area contributed by atoms with Gasteiger partial charge in [-0.1, -0.05) is 44.0 Å². The summed E-state index contributed by atoms with van der Waals surface area (Å²) in [5, 5.41) is 5.94. The number of halogens is 2.